The molecule has 1 aliphatic heterocycles. The van der Waals surface area contributed by atoms with Crippen LogP contribution in [0.5, 0.6) is 0 Å². The lowest BCUT2D eigenvalue weighted by atomic mass is 9.85. The summed E-state index contributed by atoms with van der Waals surface area (Å²) in [5.74, 6) is 0.341. The molecule has 1 saturated heterocycles. The molecule has 0 radical (unpaired) electrons. The monoisotopic (exact) mass is 354 g/mol. The Morgan fingerprint density at radius 2 is 2.04 bits per heavy atom. The van der Waals surface area contributed by atoms with Gasteiger partial charge in [-0.3, -0.25) is 9.48 Å². The highest BCUT2D eigenvalue weighted by Crippen LogP contribution is 2.68. The molecule has 136 valence electrons. The van der Waals surface area contributed by atoms with Crippen molar-refractivity contribution in [2.45, 2.75) is 53.0 Å². The van der Waals surface area contributed by atoms with Gasteiger partial charge in [0.2, 0.25) is 5.91 Å². The van der Waals surface area contributed by atoms with Crippen molar-refractivity contribution in [2.75, 3.05) is 26.7 Å². The predicted molar refractivity (Wildman–Crippen MR) is 98.5 cm³/mol. The molecule has 1 atom stereocenters. The van der Waals surface area contributed by atoms with Crippen molar-refractivity contribution in [3.63, 3.8) is 0 Å². The first-order valence-electron chi connectivity index (χ1n) is 8.85. The van der Waals surface area contributed by atoms with Gasteiger partial charge in [-0.2, -0.15) is 5.10 Å². The molecule has 1 amide bonds. The van der Waals surface area contributed by atoms with Crippen molar-refractivity contribution in [3.05, 3.63) is 17.5 Å². The van der Waals surface area contributed by atoms with Crippen LogP contribution in [-0.2, 0) is 11.3 Å². The Morgan fingerprint density at radius 1 is 1.38 bits per heavy atom. The number of aromatic nitrogens is 2. The zero-order valence-corrected chi connectivity index (χ0v) is 16.2. The summed E-state index contributed by atoms with van der Waals surface area (Å²) < 4.78 is 2.04. The molecule has 3 rings (SSSR count). The van der Waals surface area contributed by atoms with Gasteiger partial charge >= 0.3 is 0 Å². The van der Waals surface area contributed by atoms with E-state index in [0.29, 0.717) is 5.91 Å². The van der Waals surface area contributed by atoms with E-state index in [-0.39, 0.29) is 23.2 Å². The summed E-state index contributed by atoms with van der Waals surface area (Å²) >= 11 is 0. The number of nitrogens with one attached hydrogen (secondary N) is 1. The SMILES string of the molecule is Cc1cc(C)n(CCCN(C)C(=O)C2(C)CC23CCNCC3)n1.Cl. The van der Waals surface area contributed by atoms with E-state index in [9.17, 15) is 4.79 Å². The van der Waals surface area contributed by atoms with E-state index >= 15 is 0 Å². The van der Waals surface area contributed by atoms with E-state index in [1.165, 1.54) is 5.69 Å². The summed E-state index contributed by atoms with van der Waals surface area (Å²) in [6.45, 7) is 10.1. The van der Waals surface area contributed by atoms with Crippen LogP contribution in [-0.4, -0.2) is 47.3 Å². The van der Waals surface area contributed by atoms with Crippen LogP contribution in [0.3, 0.4) is 0 Å². The van der Waals surface area contributed by atoms with Gasteiger partial charge in [-0.15, -0.1) is 12.4 Å². The lowest BCUT2D eigenvalue weighted by Gasteiger charge is -2.30. The van der Waals surface area contributed by atoms with Crippen LogP contribution in [0.4, 0.5) is 0 Å². The second-order valence-electron chi connectivity index (χ2n) is 7.77. The van der Waals surface area contributed by atoms with E-state index < -0.39 is 0 Å². The lowest BCUT2D eigenvalue weighted by molar-refractivity contribution is -0.136. The number of piperidine rings is 1. The molecule has 2 aliphatic rings. The summed E-state index contributed by atoms with van der Waals surface area (Å²) in [7, 11) is 1.96. The Balaban J connectivity index is 0.00000208. The molecule has 2 heterocycles. The van der Waals surface area contributed by atoms with Gasteiger partial charge in [0.05, 0.1) is 11.1 Å². The van der Waals surface area contributed by atoms with Crippen LogP contribution in [0.15, 0.2) is 6.07 Å². The van der Waals surface area contributed by atoms with Gasteiger partial charge < -0.3 is 10.2 Å². The molecule has 5 nitrogen and oxygen atoms in total. The van der Waals surface area contributed by atoms with Crippen molar-refractivity contribution in [3.8, 4) is 0 Å². The minimum absolute atomic E-state index is 0. The number of nitrogens with zero attached hydrogens (tertiary/aromatic N) is 3. The quantitative estimate of drug-likeness (QED) is 0.884. The van der Waals surface area contributed by atoms with Crippen molar-refractivity contribution in [1.29, 1.82) is 0 Å². The number of halogens is 1. The van der Waals surface area contributed by atoms with Crippen LogP contribution in [0.25, 0.3) is 0 Å². The summed E-state index contributed by atoms with van der Waals surface area (Å²) in [4.78, 5) is 14.8. The first-order valence-corrected chi connectivity index (χ1v) is 8.85. The number of carbonyl (C=O) groups is 1. The fraction of sp³-hybridized carbons (Fsp3) is 0.778. The predicted octanol–water partition coefficient (Wildman–Crippen LogP) is 2.55. The third-order valence-electron chi connectivity index (χ3n) is 6.08. The number of rotatable bonds is 5. The van der Waals surface area contributed by atoms with Crippen molar-refractivity contribution >= 4 is 18.3 Å². The average Bonchev–Trinajstić information content (AvgIpc) is 2.94. The van der Waals surface area contributed by atoms with Gasteiger partial charge in [0, 0.05) is 25.8 Å². The smallest absolute Gasteiger partial charge is 0.228 e. The molecule has 1 unspecified atom stereocenters. The molecule has 2 fully saturated rings. The number of aryl methyl sites for hydroxylation is 3. The highest BCUT2D eigenvalue weighted by atomic mass is 35.5. The molecular formula is C18H31ClN4O. The topological polar surface area (TPSA) is 50.2 Å². The highest BCUT2D eigenvalue weighted by Gasteiger charge is 2.68. The Bertz CT molecular complexity index is 594. The molecule has 1 aromatic heterocycles. The van der Waals surface area contributed by atoms with Crippen LogP contribution >= 0.6 is 12.4 Å². The van der Waals surface area contributed by atoms with Crippen molar-refractivity contribution in [2.24, 2.45) is 10.8 Å². The number of amides is 1. The Labute approximate surface area is 151 Å². The Hall–Kier alpha value is -1.07. The lowest BCUT2D eigenvalue weighted by Crippen LogP contribution is -2.39. The number of carbonyl (C=O) groups excluding carboxylic acids is 1. The highest BCUT2D eigenvalue weighted by molar-refractivity contribution is 5.86. The molecule has 24 heavy (non-hydrogen) atoms. The number of hydrogen-bond acceptors (Lipinski definition) is 3. The third kappa shape index (κ3) is 3.33. The average molecular weight is 355 g/mol. The van der Waals surface area contributed by atoms with E-state index in [4.69, 9.17) is 0 Å². The molecule has 1 aliphatic carbocycles. The third-order valence-corrected chi connectivity index (χ3v) is 6.08. The molecule has 1 spiro atoms. The van der Waals surface area contributed by atoms with Gasteiger partial charge in [-0.05, 0) is 64.1 Å². The van der Waals surface area contributed by atoms with Gasteiger partial charge in [0.25, 0.3) is 0 Å². The minimum Gasteiger partial charge on any atom is -0.345 e. The largest absolute Gasteiger partial charge is 0.345 e. The van der Waals surface area contributed by atoms with Crippen molar-refractivity contribution in [1.82, 2.24) is 20.0 Å². The molecular weight excluding hydrogens is 324 g/mol. The van der Waals surface area contributed by atoms with E-state index in [1.807, 2.05) is 23.6 Å². The normalized spacial score (nSPS) is 24.5. The first-order chi connectivity index (χ1) is 10.9. The van der Waals surface area contributed by atoms with Crippen LogP contribution < -0.4 is 5.32 Å². The van der Waals surface area contributed by atoms with E-state index in [0.717, 1.165) is 57.6 Å². The second kappa shape index (κ2) is 7.04. The maximum absolute atomic E-state index is 12.9. The summed E-state index contributed by atoms with van der Waals surface area (Å²) in [5.41, 5.74) is 2.41. The van der Waals surface area contributed by atoms with Crippen LogP contribution in [0.1, 0.15) is 44.0 Å². The molecule has 0 aromatic carbocycles. The van der Waals surface area contributed by atoms with Gasteiger partial charge in [-0.1, -0.05) is 6.92 Å². The zero-order chi connectivity index (χ0) is 16.7. The maximum Gasteiger partial charge on any atom is 0.228 e. The van der Waals surface area contributed by atoms with Crippen LogP contribution in [0, 0.1) is 24.7 Å². The van der Waals surface area contributed by atoms with Gasteiger partial charge in [-0.25, -0.2) is 0 Å². The van der Waals surface area contributed by atoms with Crippen LogP contribution in [0.2, 0.25) is 0 Å². The Morgan fingerprint density at radius 3 is 2.62 bits per heavy atom. The molecule has 1 N–H and O–H groups in total. The van der Waals surface area contributed by atoms with E-state index in [2.05, 4.69) is 30.3 Å². The molecule has 0 bridgehead atoms. The van der Waals surface area contributed by atoms with E-state index in [1.54, 1.807) is 0 Å². The first kappa shape index (κ1) is 19.3. The fourth-order valence-corrected chi connectivity index (χ4v) is 4.45. The molecule has 1 saturated carbocycles. The zero-order valence-electron chi connectivity index (χ0n) is 15.4. The Kier molecular flexibility index (Phi) is 5.65. The summed E-state index contributed by atoms with van der Waals surface area (Å²) in [6.07, 6.45) is 4.32. The summed E-state index contributed by atoms with van der Waals surface area (Å²) in [5, 5.41) is 7.90. The standard InChI is InChI=1S/C18H30N4O.ClH/c1-14-12-15(2)22(20-14)11-5-10-21(4)16(23)17(3)13-18(17)6-8-19-9-7-18;/h12,19H,5-11,13H2,1-4H3;1H. The minimum atomic E-state index is -0.123. The molecule has 1 aromatic rings. The summed E-state index contributed by atoms with van der Waals surface area (Å²) in [6, 6.07) is 2.10. The second-order valence-corrected chi connectivity index (χ2v) is 7.77. The fourth-order valence-electron chi connectivity index (χ4n) is 4.45. The number of hydrogen-bond donors (Lipinski definition) is 1. The van der Waals surface area contributed by atoms with Crippen molar-refractivity contribution < 1.29 is 4.79 Å². The maximum atomic E-state index is 12.9. The van der Waals surface area contributed by atoms with Gasteiger partial charge in [0.1, 0.15) is 0 Å². The van der Waals surface area contributed by atoms with Gasteiger partial charge in [0.15, 0.2) is 0 Å². The molecule has 6 heteroatoms.